The summed E-state index contributed by atoms with van der Waals surface area (Å²) >= 11 is 3.33. The average molecular weight is 337 g/mol. The van der Waals surface area contributed by atoms with Crippen LogP contribution < -0.4 is 10.4 Å². The Bertz CT molecular complexity index is 588. The highest BCUT2D eigenvalue weighted by Gasteiger charge is 2.31. The molecule has 0 radical (unpaired) electrons. The Morgan fingerprint density at radius 2 is 1.85 bits per heavy atom. The fraction of sp³-hybridized carbons (Fsp3) is 0.333. The summed E-state index contributed by atoms with van der Waals surface area (Å²) in [4.78, 5) is 22.6. The zero-order valence-corrected chi connectivity index (χ0v) is 12.9. The van der Waals surface area contributed by atoms with E-state index in [1.807, 2.05) is 13.8 Å². The van der Waals surface area contributed by atoms with E-state index < -0.39 is 5.97 Å². The van der Waals surface area contributed by atoms with Crippen LogP contribution in [-0.2, 0) is 4.79 Å². The summed E-state index contributed by atoms with van der Waals surface area (Å²) in [5.41, 5.74) is 1.62. The summed E-state index contributed by atoms with van der Waals surface area (Å²) in [6.07, 6.45) is 1.27. The van der Waals surface area contributed by atoms with Gasteiger partial charge in [-0.3, -0.25) is 4.79 Å². The van der Waals surface area contributed by atoms with Crippen molar-refractivity contribution in [2.45, 2.75) is 26.7 Å². The van der Waals surface area contributed by atoms with Crippen LogP contribution in [0.3, 0.4) is 0 Å². The summed E-state index contributed by atoms with van der Waals surface area (Å²) in [5.74, 6) is -1.12. The van der Waals surface area contributed by atoms with Gasteiger partial charge in [0.15, 0.2) is 5.78 Å². The van der Waals surface area contributed by atoms with Crippen LogP contribution in [0, 0.1) is 5.41 Å². The largest absolute Gasteiger partial charge is 0.545 e. The van der Waals surface area contributed by atoms with Gasteiger partial charge in [-0.2, -0.15) is 0 Å². The topological polar surface area (TPSA) is 69.2 Å². The number of nitrogens with one attached hydrogen (secondary N) is 1. The highest BCUT2D eigenvalue weighted by molar-refractivity contribution is 9.12. The molecule has 0 unspecified atom stereocenters. The van der Waals surface area contributed by atoms with Gasteiger partial charge in [-0.15, -0.1) is 0 Å². The van der Waals surface area contributed by atoms with E-state index in [1.54, 1.807) is 12.1 Å². The van der Waals surface area contributed by atoms with Crippen LogP contribution in [0.2, 0.25) is 0 Å². The second kappa shape index (κ2) is 5.40. The Morgan fingerprint density at radius 3 is 2.40 bits per heavy atom. The molecule has 0 aliphatic heterocycles. The number of carboxylic acid groups (broad SMARTS) is 1. The van der Waals surface area contributed by atoms with E-state index in [9.17, 15) is 14.7 Å². The van der Waals surface area contributed by atoms with Gasteiger partial charge in [-0.05, 0) is 45.5 Å². The van der Waals surface area contributed by atoms with E-state index in [2.05, 4.69) is 21.2 Å². The van der Waals surface area contributed by atoms with Gasteiger partial charge < -0.3 is 15.2 Å². The number of rotatable bonds is 3. The van der Waals surface area contributed by atoms with Crippen LogP contribution in [0.25, 0.3) is 0 Å². The first-order chi connectivity index (χ1) is 9.28. The normalized spacial score (nSPS) is 18.1. The molecule has 106 valence electrons. The molecule has 0 saturated heterocycles. The van der Waals surface area contributed by atoms with Gasteiger partial charge in [0.25, 0.3) is 0 Å². The summed E-state index contributed by atoms with van der Waals surface area (Å²) in [6, 6.07) is 6.26. The summed E-state index contributed by atoms with van der Waals surface area (Å²) < 4.78 is 0.570. The van der Waals surface area contributed by atoms with Crippen LogP contribution in [0.5, 0.6) is 0 Å². The monoisotopic (exact) mass is 336 g/mol. The second-order valence-electron chi connectivity index (χ2n) is 5.72. The minimum atomic E-state index is -1.20. The van der Waals surface area contributed by atoms with Crippen LogP contribution in [0.15, 0.2) is 34.4 Å². The van der Waals surface area contributed by atoms with E-state index in [0.29, 0.717) is 10.9 Å². The lowest BCUT2D eigenvalue weighted by molar-refractivity contribution is -0.255. The van der Waals surface area contributed by atoms with E-state index in [4.69, 9.17) is 0 Å². The predicted octanol–water partition coefficient (Wildman–Crippen LogP) is 2.46. The Morgan fingerprint density at radius 1 is 1.25 bits per heavy atom. The number of benzene rings is 1. The van der Waals surface area contributed by atoms with Crippen molar-refractivity contribution in [1.82, 2.24) is 0 Å². The molecule has 1 aliphatic carbocycles. The number of carboxylic acids is 1. The van der Waals surface area contributed by atoms with Crippen molar-refractivity contribution in [2.24, 2.45) is 5.41 Å². The Labute approximate surface area is 126 Å². The van der Waals surface area contributed by atoms with Crippen molar-refractivity contribution >= 4 is 33.4 Å². The lowest BCUT2D eigenvalue weighted by Crippen LogP contribution is -2.26. The molecule has 0 heterocycles. The fourth-order valence-electron chi connectivity index (χ4n) is 2.26. The number of allylic oxidation sites excluding steroid dienone is 2. The third-order valence-corrected chi connectivity index (χ3v) is 4.14. The molecule has 0 atom stereocenters. The molecule has 1 aliphatic rings. The van der Waals surface area contributed by atoms with Crippen LogP contribution in [-0.4, -0.2) is 11.8 Å². The van der Waals surface area contributed by atoms with E-state index >= 15 is 0 Å². The van der Waals surface area contributed by atoms with Crippen LogP contribution in [0.4, 0.5) is 5.69 Å². The third kappa shape index (κ3) is 3.28. The number of Topliss-reactive ketones (excluding diaryl/α,β-unsaturated/α-hetero) is 1. The fourth-order valence-corrected chi connectivity index (χ4v) is 2.64. The van der Waals surface area contributed by atoms with Gasteiger partial charge in [0, 0.05) is 17.8 Å². The van der Waals surface area contributed by atoms with Crippen molar-refractivity contribution in [2.75, 3.05) is 5.32 Å². The molecule has 0 spiro atoms. The molecule has 1 N–H and O–H groups in total. The number of anilines is 1. The first-order valence-corrected chi connectivity index (χ1v) is 7.08. The zero-order chi connectivity index (χ0) is 14.9. The molecule has 0 fully saturated rings. The maximum atomic E-state index is 11.9. The Hall–Kier alpha value is -1.62. The van der Waals surface area contributed by atoms with Crippen LogP contribution >= 0.6 is 15.9 Å². The van der Waals surface area contributed by atoms with Gasteiger partial charge in [0.05, 0.1) is 10.5 Å². The van der Waals surface area contributed by atoms with Gasteiger partial charge >= 0.3 is 0 Å². The quantitative estimate of drug-likeness (QED) is 0.920. The SMILES string of the molecule is CC1(C)CC(=O)C(Br)=C(Nc2ccc(C(=O)[O-])cc2)C1. The smallest absolute Gasteiger partial charge is 0.172 e. The first kappa shape index (κ1) is 14.8. The number of ketones is 1. The third-order valence-electron chi connectivity index (χ3n) is 3.22. The average Bonchev–Trinajstić information content (AvgIpc) is 2.35. The van der Waals surface area contributed by atoms with Crippen molar-refractivity contribution in [3.8, 4) is 0 Å². The molecule has 4 nitrogen and oxygen atoms in total. The number of carbonyl (C=O) groups is 2. The number of hydrogen-bond acceptors (Lipinski definition) is 4. The summed E-state index contributed by atoms with van der Waals surface area (Å²) in [6.45, 7) is 4.09. The molecule has 5 heteroatoms. The minimum absolute atomic E-state index is 0.0788. The molecule has 0 saturated carbocycles. The maximum absolute atomic E-state index is 11.9. The number of aromatic carboxylic acids is 1. The van der Waals surface area contributed by atoms with Gasteiger partial charge in [0.1, 0.15) is 0 Å². The summed E-state index contributed by atoms with van der Waals surface area (Å²) in [5, 5.41) is 13.9. The van der Waals surface area contributed by atoms with Gasteiger partial charge in [-0.25, -0.2) is 0 Å². The second-order valence-corrected chi connectivity index (χ2v) is 6.52. The van der Waals surface area contributed by atoms with E-state index in [1.165, 1.54) is 12.1 Å². The molecule has 0 amide bonds. The predicted molar refractivity (Wildman–Crippen MR) is 78.4 cm³/mol. The number of halogens is 1. The molecule has 20 heavy (non-hydrogen) atoms. The number of hydrogen-bond donors (Lipinski definition) is 1. The molecule has 1 aromatic rings. The van der Waals surface area contributed by atoms with Crippen LogP contribution in [0.1, 0.15) is 37.0 Å². The molecule has 1 aromatic carbocycles. The summed E-state index contributed by atoms with van der Waals surface area (Å²) in [7, 11) is 0. The van der Waals surface area contributed by atoms with Crippen molar-refractivity contribution in [3.63, 3.8) is 0 Å². The van der Waals surface area contributed by atoms with E-state index in [0.717, 1.165) is 17.8 Å². The number of carbonyl (C=O) groups excluding carboxylic acids is 2. The molecular formula is C15H15BrNO3-. The first-order valence-electron chi connectivity index (χ1n) is 6.29. The van der Waals surface area contributed by atoms with Crippen molar-refractivity contribution < 1.29 is 14.7 Å². The molecule has 0 bridgehead atoms. The molecule has 2 rings (SSSR count). The van der Waals surface area contributed by atoms with Gasteiger partial charge in [-0.1, -0.05) is 26.0 Å². The van der Waals surface area contributed by atoms with Crippen molar-refractivity contribution in [3.05, 3.63) is 40.0 Å². The Kier molecular flexibility index (Phi) is 3.99. The Balaban J connectivity index is 2.22. The highest BCUT2D eigenvalue weighted by Crippen LogP contribution is 2.38. The molecular weight excluding hydrogens is 322 g/mol. The zero-order valence-electron chi connectivity index (χ0n) is 11.3. The van der Waals surface area contributed by atoms with Gasteiger partial charge in [0.2, 0.25) is 0 Å². The van der Waals surface area contributed by atoms with Crippen molar-refractivity contribution in [1.29, 1.82) is 0 Å². The minimum Gasteiger partial charge on any atom is -0.545 e. The lowest BCUT2D eigenvalue weighted by Gasteiger charge is -2.31. The lowest BCUT2D eigenvalue weighted by atomic mass is 9.79. The van der Waals surface area contributed by atoms with E-state index in [-0.39, 0.29) is 16.8 Å². The highest BCUT2D eigenvalue weighted by atomic mass is 79.9. The standard InChI is InChI=1S/C15H16BrNO3/c1-15(2)7-11(13(16)12(18)8-15)17-10-5-3-9(4-6-10)14(19)20/h3-6,17H,7-8H2,1-2H3,(H,19,20)/p-1. The maximum Gasteiger partial charge on any atom is 0.172 e. The molecule has 0 aromatic heterocycles.